The van der Waals surface area contributed by atoms with E-state index in [1.165, 1.54) is 4.57 Å². The van der Waals surface area contributed by atoms with Crippen molar-refractivity contribution < 1.29 is 19.0 Å². The molecule has 0 spiro atoms. The zero-order valence-electron chi connectivity index (χ0n) is 20.6. The third kappa shape index (κ3) is 5.26. The summed E-state index contributed by atoms with van der Waals surface area (Å²) in [5.74, 6) is 0. The molecule has 0 bridgehead atoms. The monoisotopic (exact) mass is 552 g/mol. The quantitative estimate of drug-likeness (QED) is 0.310. The standard InChI is InChI=1S/C28H29BrN2O5/c1-28(2,3)36-27(33)31-23-10-7-17(5-4-6-25-34-11-12-35-25)13-19(23)16-24(31)21-15-18-14-20(29)8-9-22(18)30-26(21)32/h7-10,13-16,25H,4-6,11-12H2,1-3H3,(H,30,32). The van der Waals surface area contributed by atoms with E-state index in [4.69, 9.17) is 14.2 Å². The van der Waals surface area contributed by atoms with Gasteiger partial charge in [0.15, 0.2) is 6.29 Å². The van der Waals surface area contributed by atoms with Gasteiger partial charge in [-0.1, -0.05) is 22.0 Å². The number of carbonyl (C=O) groups excluding carboxylic acids is 1. The molecule has 1 aliphatic rings. The van der Waals surface area contributed by atoms with E-state index >= 15 is 0 Å². The van der Waals surface area contributed by atoms with Crippen molar-refractivity contribution in [1.29, 1.82) is 0 Å². The number of benzene rings is 2. The van der Waals surface area contributed by atoms with E-state index < -0.39 is 11.7 Å². The number of nitrogens with one attached hydrogen (secondary N) is 1. The smallest absolute Gasteiger partial charge is 0.419 e. The molecule has 7 nitrogen and oxygen atoms in total. The van der Waals surface area contributed by atoms with E-state index in [1.54, 1.807) is 0 Å². The van der Waals surface area contributed by atoms with Gasteiger partial charge in [-0.2, -0.15) is 0 Å². The Morgan fingerprint density at radius 1 is 1.08 bits per heavy atom. The molecule has 188 valence electrons. The highest BCUT2D eigenvalue weighted by Gasteiger charge is 2.24. The average molecular weight is 553 g/mol. The third-order valence-electron chi connectivity index (χ3n) is 6.12. The van der Waals surface area contributed by atoms with Crippen LogP contribution in [0.25, 0.3) is 33.1 Å². The number of aromatic nitrogens is 2. The number of aromatic amines is 1. The summed E-state index contributed by atoms with van der Waals surface area (Å²) in [5.41, 5.74) is 2.50. The Bertz CT molecular complexity index is 1490. The Hall–Kier alpha value is -2.94. The molecule has 0 saturated carbocycles. The summed E-state index contributed by atoms with van der Waals surface area (Å²) in [5, 5.41) is 1.73. The molecule has 0 unspecified atom stereocenters. The number of fused-ring (bicyclic) bond motifs is 2. The lowest BCUT2D eigenvalue weighted by atomic mass is 10.1. The minimum Gasteiger partial charge on any atom is -0.443 e. The van der Waals surface area contributed by atoms with Crippen LogP contribution in [0.3, 0.4) is 0 Å². The van der Waals surface area contributed by atoms with Gasteiger partial charge in [-0.3, -0.25) is 4.79 Å². The molecule has 4 aromatic rings. The molecule has 0 amide bonds. The largest absolute Gasteiger partial charge is 0.443 e. The third-order valence-corrected chi connectivity index (χ3v) is 6.61. The number of pyridine rings is 1. The van der Waals surface area contributed by atoms with Crippen LogP contribution >= 0.6 is 15.9 Å². The summed E-state index contributed by atoms with van der Waals surface area (Å²) in [6, 6.07) is 15.4. The van der Waals surface area contributed by atoms with Crippen molar-refractivity contribution >= 4 is 43.8 Å². The van der Waals surface area contributed by atoms with Crippen LogP contribution in [-0.4, -0.2) is 40.7 Å². The lowest BCUT2D eigenvalue weighted by Gasteiger charge is -2.21. The van der Waals surface area contributed by atoms with Crippen LogP contribution in [-0.2, 0) is 20.6 Å². The van der Waals surface area contributed by atoms with Gasteiger partial charge in [0.2, 0.25) is 0 Å². The van der Waals surface area contributed by atoms with Crippen molar-refractivity contribution in [3.8, 4) is 11.3 Å². The lowest BCUT2D eigenvalue weighted by molar-refractivity contribution is -0.0475. The minimum atomic E-state index is -0.685. The van der Waals surface area contributed by atoms with Crippen molar-refractivity contribution in [2.24, 2.45) is 0 Å². The summed E-state index contributed by atoms with van der Waals surface area (Å²) in [4.78, 5) is 29.4. The Morgan fingerprint density at radius 2 is 1.86 bits per heavy atom. The normalized spacial score (nSPS) is 14.7. The van der Waals surface area contributed by atoms with Crippen LogP contribution in [0.15, 0.2) is 57.8 Å². The van der Waals surface area contributed by atoms with E-state index in [0.717, 1.165) is 45.6 Å². The molecule has 3 heterocycles. The first-order valence-corrected chi connectivity index (χ1v) is 12.9. The average Bonchev–Trinajstić information content (AvgIpc) is 3.45. The summed E-state index contributed by atoms with van der Waals surface area (Å²) in [6.45, 7) is 6.79. The Kier molecular flexibility index (Phi) is 6.76. The van der Waals surface area contributed by atoms with Crippen molar-refractivity contribution in [3.05, 3.63) is 68.9 Å². The number of aryl methyl sites for hydroxylation is 1. The van der Waals surface area contributed by atoms with Crippen LogP contribution < -0.4 is 5.56 Å². The van der Waals surface area contributed by atoms with Gasteiger partial charge in [0.05, 0.1) is 30.0 Å². The Morgan fingerprint density at radius 3 is 2.61 bits per heavy atom. The first-order chi connectivity index (χ1) is 17.2. The second-order valence-electron chi connectivity index (χ2n) is 10.0. The molecule has 0 atom stereocenters. The van der Waals surface area contributed by atoms with Crippen LogP contribution in [0.2, 0.25) is 0 Å². The highest BCUT2D eigenvalue weighted by atomic mass is 79.9. The number of hydrogen-bond acceptors (Lipinski definition) is 5. The van der Waals surface area contributed by atoms with Crippen molar-refractivity contribution in [2.75, 3.05) is 13.2 Å². The molecule has 2 aromatic heterocycles. The van der Waals surface area contributed by atoms with E-state index in [9.17, 15) is 9.59 Å². The predicted molar refractivity (Wildman–Crippen MR) is 143 cm³/mol. The highest BCUT2D eigenvalue weighted by molar-refractivity contribution is 9.10. The maximum Gasteiger partial charge on any atom is 0.419 e. The molecule has 0 aliphatic carbocycles. The number of nitrogens with zero attached hydrogens (tertiary/aromatic N) is 1. The molecule has 0 radical (unpaired) electrons. The number of H-pyrrole nitrogens is 1. The molecule has 1 saturated heterocycles. The fourth-order valence-electron chi connectivity index (χ4n) is 4.54. The van der Waals surface area contributed by atoms with Crippen LogP contribution in [0.5, 0.6) is 0 Å². The second-order valence-corrected chi connectivity index (χ2v) is 11.0. The fourth-order valence-corrected chi connectivity index (χ4v) is 4.92. The topological polar surface area (TPSA) is 82.6 Å². The van der Waals surface area contributed by atoms with Gasteiger partial charge in [-0.15, -0.1) is 0 Å². The zero-order chi connectivity index (χ0) is 25.4. The van der Waals surface area contributed by atoms with Crippen LogP contribution in [0.1, 0.15) is 39.2 Å². The Labute approximate surface area is 217 Å². The second kappa shape index (κ2) is 9.84. The fraction of sp³-hybridized carbons (Fsp3) is 0.357. The molecule has 5 rings (SSSR count). The molecule has 8 heteroatoms. The molecule has 1 N–H and O–H groups in total. The van der Waals surface area contributed by atoms with Gasteiger partial charge in [-0.25, -0.2) is 9.36 Å². The van der Waals surface area contributed by atoms with E-state index in [2.05, 4.69) is 27.0 Å². The summed E-state index contributed by atoms with van der Waals surface area (Å²) in [6.07, 6.45) is 1.98. The predicted octanol–water partition coefficient (Wildman–Crippen LogP) is 6.39. The van der Waals surface area contributed by atoms with Gasteiger partial charge in [0, 0.05) is 20.8 Å². The SMILES string of the molecule is CC(C)(C)OC(=O)n1c(-c2cc3cc(Br)ccc3[nH]c2=O)cc2cc(CCCC3OCCO3)ccc21. The van der Waals surface area contributed by atoms with Gasteiger partial charge >= 0.3 is 6.09 Å². The van der Waals surface area contributed by atoms with Crippen LogP contribution in [0, 0.1) is 0 Å². The van der Waals surface area contributed by atoms with Gasteiger partial charge in [-0.05, 0) is 88.1 Å². The van der Waals surface area contributed by atoms with Gasteiger partial charge in [0.25, 0.3) is 5.56 Å². The maximum atomic E-state index is 13.4. The summed E-state index contributed by atoms with van der Waals surface area (Å²) >= 11 is 3.49. The van der Waals surface area contributed by atoms with Crippen molar-refractivity contribution in [1.82, 2.24) is 9.55 Å². The number of hydrogen-bond donors (Lipinski definition) is 1. The molecular formula is C28H29BrN2O5. The Balaban J connectivity index is 1.57. The van der Waals surface area contributed by atoms with Gasteiger partial charge in [0.1, 0.15) is 5.60 Å². The minimum absolute atomic E-state index is 0.117. The van der Waals surface area contributed by atoms with E-state index in [-0.39, 0.29) is 11.8 Å². The summed E-state index contributed by atoms with van der Waals surface area (Å²) in [7, 11) is 0. The van der Waals surface area contributed by atoms with Gasteiger partial charge < -0.3 is 19.2 Å². The van der Waals surface area contributed by atoms with E-state index in [1.807, 2.05) is 63.2 Å². The van der Waals surface area contributed by atoms with Crippen LogP contribution in [0.4, 0.5) is 4.79 Å². The summed E-state index contributed by atoms with van der Waals surface area (Å²) < 4.78 is 19.2. The van der Waals surface area contributed by atoms with E-state index in [0.29, 0.717) is 30.0 Å². The molecule has 1 fully saturated rings. The highest BCUT2D eigenvalue weighted by Crippen LogP contribution is 2.31. The number of rotatable bonds is 5. The maximum absolute atomic E-state index is 13.4. The number of carbonyl (C=O) groups is 1. The number of halogens is 1. The first-order valence-electron chi connectivity index (χ1n) is 12.1. The van der Waals surface area contributed by atoms with Crippen molar-refractivity contribution in [2.45, 2.75) is 51.9 Å². The molecule has 1 aliphatic heterocycles. The molecule has 36 heavy (non-hydrogen) atoms. The zero-order valence-corrected chi connectivity index (χ0v) is 22.2. The number of ether oxygens (including phenoxy) is 3. The lowest BCUT2D eigenvalue weighted by Crippen LogP contribution is -2.28. The first kappa shape index (κ1) is 24.7. The van der Waals surface area contributed by atoms with Crippen molar-refractivity contribution in [3.63, 3.8) is 0 Å². The molecular weight excluding hydrogens is 524 g/mol. The molecule has 2 aromatic carbocycles.